The third kappa shape index (κ3) is 5.10. The Bertz CT molecular complexity index is 398. The molecule has 1 fully saturated rings. The molecule has 1 saturated carbocycles. The Morgan fingerprint density at radius 1 is 1.19 bits per heavy atom. The van der Waals surface area contributed by atoms with Crippen molar-refractivity contribution in [3.63, 3.8) is 0 Å². The molecule has 1 heterocycles. The van der Waals surface area contributed by atoms with Crippen LogP contribution in [-0.4, -0.2) is 12.6 Å². The van der Waals surface area contributed by atoms with E-state index in [9.17, 15) is 0 Å². The number of hydrogen-bond acceptors (Lipinski definition) is 2. The molecule has 2 rings (SSSR count). The van der Waals surface area contributed by atoms with Crippen LogP contribution in [0.1, 0.15) is 69.1 Å². The number of aryl methyl sites for hydroxylation is 1. The van der Waals surface area contributed by atoms with Gasteiger partial charge in [0.15, 0.2) is 0 Å². The molecule has 1 aromatic heterocycles. The minimum absolute atomic E-state index is 0.697. The average Bonchev–Trinajstić information content (AvgIpc) is 2.99. The minimum Gasteiger partial charge on any atom is -0.313 e. The summed E-state index contributed by atoms with van der Waals surface area (Å²) in [5.41, 5.74) is 0. The van der Waals surface area contributed by atoms with E-state index in [-0.39, 0.29) is 0 Å². The summed E-state index contributed by atoms with van der Waals surface area (Å²) in [6.45, 7) is 8.08. The first-order valence-electron chi connectivity index (χ1n) is 9.07. The molecule has 1 aliphatic carbocycles. The van der Waals surface area contributed by atoms with Crippen molar-refractivity contribution in [2.75, 3.05) is 6.54 Å². The lowest BCUT2D eigenvalue weighted by Gasteiger charge is -2.35. The van der Waals surface area contributed by atoms with Gasteiger partial charge in [-0.15, -0.1) is 11.3 Å². The number of rotatable bonds is 8. The summed E-state index contributed by atoms with van der Waals surface area (Å²) in [7, 11) is 0. The van der Waals surface area contributed by atoms with E-state index >= 15 is 0 Å². The lowest BCUT2D eigenvalue weighted by molar-refractivity contribution is 0.208. The molecule has 1 nitrogen and oxygen atoms in total. The first kappa shape index (κ1) is 17.0. The van der Waals surface area contributed by atoms with E-state index in [4.69, 9.17) is 0 Å². The fourth-order valence-electron chi connectivity index (χ4n) is 3.74. The van der Waals surface area contributed by atoms with E-state index in [1.807, 2.05) is 11.3 Å². The fourth-order valence-corrected chi connectivity index (χ4v) is 4.76. The van der Waals surface area contributed by atoms with Crippen LogP contribution in [0.5, 0.6) is 0 Å². The lowest BCUT2D eigenvalue weighted by atomic mass is 9.76. The predicted octanol–water partition coefficient (Wildman–Crippen LogP) is 5.44. The van der Waals surface area contributed by atoms with E-state index in [0.717, 1.165) is 11.8 Å². The molecule has 3 unspecified atom stereocenters. The highest BCUT2D eigenvalue weighted by molar-refractivity contribution is 7.11. The highest BCUT2D eigenvalue weighted by atomic mass is 32.1. The maximum absolute atomic E-state index is 3.87. The highest BCUT2D eigenvalue weighted by Crippen LogP contribution is 2.34. The SMILES string of the molecule is CCCNC(Cc1ccc(CC)s1)C1CCCC(CC)C1. The van der Waals surface area contributed by atoms with Crippen LogP contribution in [0, 0.1) is 11.8 Å². The molecule has 0 aliphatic heterocycles. The third-order valence-electron chi connectivity index (χ3n) is 5.11. The molecule has 0 aromatic carbocycles. The number of nitrogens with one attached hydrogen (secondary N) is 1. The van der Waals surface area contributed by atoms with Gasteiger partial charge in [-0.2, -0.15) is 0 Å². The maximum Gasteiger partial charge on any atom is 0.0144 e. The van der Waals surface area contributed by atoms with Gasteiger partial charge in [0, 0.05) is 15.8 Å². The van der Waals surface area contributed by atoms with E-state index in [2.05, 4.69) is 38.2 Å². The van der Waals surface area contributed by atoms with Gasteiger partial charge in [0.1, 0.15) is 0 Å². The van der Waals surface area contributed by atoms with E-state index < -0.39 is 0 Å². The first-order valence-corrected chi connectivity index (χ1v) is 9.89. The Hall–Kier alpha value is -0.340. The van der Waals surface area contributed by atoms with Crippen LogP contribution < -0.4 is 5.32 Å². The second-order valence-corrected chi connectivity index (χ2v) is 7.94. The van der Waals surface area contributed by atoms with Gasteiger partial charge in [0.25, 0.3) is 0 Å². The molecule has 120 valence electrons. The summed E-state index contributed by atoms with van der Waals surface area (Å²) in [6, 6.07) is 5.39. The van der Waals surface area contributed by atoms with Gasteiger partial charge in [-0.25, -0.2) is 0 Å². The Labute approximate surface area is 135 Å². The topological polar surface area (TPSA) is 12.0 Å². The summed E-state index contributed by atoms with van der Waals surface area (Å²) < 4.78 is 0. The van der Waals surface area contributed by atoms with Crippen LogP contribution in [0.3, 0.4) is 0 Å². The predicted molar refractivity (Wildman–Crippen MR) is 95.2 cm³/mol. The van der Waals surface area contributed by atoms with Crippen molar-refractivity contribution < 1.29 is 0 Å². The van der Waals surface area contributed by atoms with Gasteiger partial charge < -0.3 is 5.32 Å². The second-order valence-electron chi connectivity index (χ2n) is 6.69. The maximum atomic E-state index is 3.87. The summed E-state index contributed by atoms with van der Waals surface area (Å²) >= 11 is 2.03. The summed E-state index contributed by atoms with van der Waals surface area (Å²) in [6.07, 6.45) is 10.8. The van der Waals surface area contributed by atoms with Crippen LogP contribution in [0.15, 0.2) is 12.1 Å². The molecule has 0 spiro atoms. The highest BCUT2D eigenvalue weighted by Gasteiger charge is 2.27. The fraction of sp³-hybridized carbons (Fsp3) is 0.789. The van der Waals surface area contributed by atoms with Crippen LogP contribution in [-0.2, 0) is 12.8 Å². The molecule has 3 atom stereocenters. The van der Waals surface area contributed by atoms with Crippen LogP contribution in [0.25, 0.3) is 0 Å². The monoisotopic (exact) mass is 307 g/mol. The van der Waals surface area contributed by atoms with Crippen molar-refractivity contribution in [2.45, 2.75) is 78.2 Å². The summed E-state index contributed by atoms with van der Waals surface area (Å²) in [5.74, 6) is 1.87. The van der Waals surface area contributed by atoms with Crippen molar-refractivity contribution >= 4 is 11.3 Å². The lowest BCUT2D eigenvalue weighted by Crippen LogP contribution is -2.40. The van der Waals surface area contributed by atoms with Crippen molar-refractivity contribution in [1.29, 1.82) is 0 Å². The normalized spacial score (nSPS) is 24.1. The van der Waals surface area contributed by atoms with Gasteiger partial charge >= 0.3 is 0 Å². The third-order valence-corrected chi connectivity index (χ3v) is 6.37. The average molecular weight is 308 g/mol. The van der Waals surface area contributed by atoms with Gasteiger partial charge in [0.2, 0.25) is 0 Å². The molecule has 0 amide bonds. The second kappa shape index (κ2) is 8.95. The molecule has 1 aromatic rings. The molecule has 1 aliphatic rings. The smallest absolute Gasteiger partial charge is 0.0144 e. The Kier molecular flexibility index (Phi) is 7.25. The van der Waals surface area contributed by atoms with Crippen molar-refractivity contribution in [3.05, 3.63) is 21.9 Å². The molecular formula is C19H33NS. The zero-order valence-corrected chi connectivity index (χ0v) is 15.0. The van der Waals surface area contributed by atoms with Crippen molar-refractivity contribution in [1.82, 2.24) is 5.32 Å². The standard InChI is InChI=1S/C19H33NS/c1-4-12-20-19(14-18-11-10-17(6-3)21-18)16-9-7-8-15(5-2)13-16/h10-11,15-16,19-20H,4-9,12-14H2,1-3H3. The summed E-state index contributed by atoms with van der Waals surface area (Å²) in [4.78, 5) is 3.12. The Balaban J connectivity index is 1.99. The largest absolute Gasteiger partial charge is 0.313 e. The van der Waals surface area contributed by atoms with Crippen LogP contribution in [0.4, 0.5) is 0 Å². The Morgan fingerprint density at radius 2 is 2.00 bits per heavy atom. The quantitative estimate of drug-likeness (QED) is 0.674. The van der Waals surface area contributed by atoms with Crippen molar-refractivity contribution in [2.24, 2.45) is 11.8 Å². The first-order chi connectivity index (χ1) is 10.3. The van der Waals surface area contributed by atoms with Crippen LogP contribution in [0.2, 0.25) is 0 Å². The minimum atomic E-state index is 0.697. The van der Waals surface area contributed by atoms with Gasteiger partial charge in [-0.1, -0.05) is 40.0 Å². The molecular weight excluding hydrogens is 274 g/mol. The molecule has 21 heavy (non-hydrogen) atoms. The Morgan fingerprint density at radius 3 is 2.67 bits per heavy atom. The summed E-state index contributed by atoms with van der Waals surface area (Å²) in [5, 5.41) is 3.87. The van der Waals surface area contributed by atoms with Crippen molar-refractivity contribution in [3.8, 4) is 0 Å². The van der Waals surface area contributed by atoms with E-state index in [1.54, 1.807) is 4.88 Å². The molecule has 2 heteroatoms. The van der Waals surface area contributed by atoms with Crippen LogP contribution >= 0.6 is 11.3 Å². The number of hydrogen-bond donors (Lipinski definition) is 1. The molecule has 0 saturated heterocycles. The zero-order chi connectivity index (χ0) is 15.1. The van der Waals surface area contributed by atoms with Gasteiger partial charge in [-0.05, 0) is 62.6 Å². The number of thiophene rings is 1. The van der Waals surface area contributed by atoms with E-state index in [0.29, 0.717) is 6.04 Å². The molecule has 1 N–H and O–H groups in total. The van der Waals surface area contributed by atoms with Gasteiger partial charge in [0.05, 0.1) is 0 Å². The van der Waals surface area contributed by atoms with Gasteiger partial charge in [-0.3, -0.25) is 0 Å². The molecule has 0 bridgehead atoms. The molecule has 0 radical (unpaired) electrons. The zero-order valence-electron chi connectivity index (χ0n) is 14.2. The van der Waals surface area contributed by atoms with E-state index in [1.165, 1.54) is 62.8 Å².